The molecule has 0 aliphatic carbocycles. The van der Waals surface area contributed by atoms with Crippen LogP contribution in [0.1, 0.15) is 34.4 Å². The lowest BCUT2D eigenvalue weighted by Gasteiger charge is -2.22. The summed E-state index contributed by atoms with van der Waals surface area (Å²) in [6, 6.07) is 6.74. The highest BCUT2D eigenvalue weighted by atomic mass is 32.1. The molecule has 2 amide bonds. The van der Waals surface area contributed by atoms with Crippen molar-refractivity contribution in [3.8, 4) is 0 Å². The molecule has 1 N–H and O–H groups in total. The van der Waals surface area contributed by atoms with Crippen molar-refractivity contribution in [2.24, 2.45) is 0 Å². The van der Waals surface area contributed by atoms with Crippen molar-refractivity contribution in [3.63, 3.8) is 0 Å². The molecule has 2 heterocycles. The average Bonchev–Trinajstić information content (AvgIpc) is 2.94. The summed E-state index contributed by atoms with van der Waals surface area (Å²) in [6.45, 7) is 7.92. The number of aryl methyl sites for hydroxylation is 1. The smallest absolute Gasteiger partial charge is 0.340 e. The largest absolute Gasteiger partial charge is 0.462 e. The molecule has 1 aliphatic heterocycles. The number of hydrogen-bond acceptors (Lipinski definition) is 6. The molecule has 1 aromatic carbocycles. The van der Waals surface area contributed by atoms with Crippen molar-refractivity contribution in [1.82, 2.24) is 14.8 Å². The molecular weight excluding hydrogens is 376 g/mol. The minimum absolute atomic E-state index is 0.191. The van der Waals surface area contributed by atoms with E-state index in [1.54, 1.807) is 47.4 Å². The molecule has 0 radical (unpaired) electrons. The highest BCUT2D eigenvalue weighted by molar-refractivity contribution is 7.09. The average molecular weight is 403 g/mol. The Hall–Kier alpha value is -2.45. The first-order chi connectivity index (χ1) is 13.6. The molecule has 0 unspecified atom stereocenters. The van der Waals surface area contributed by atoms with Gasteiger partial charge in [0.05, 0.1) is 24.4 Å². The van der Waals surface area contributed by atoms with Gasteiger partial charge in [0.1, 0.15) is 5.01 Å². The van der Waals surface area contributed by atoms with E-state index in [1.807, 2.05) is 6.92 Å². The van der Waals surface area contributed by atoms with Crippen LogP contribution in [0.15, 0.2) is 29.6 Å². The van der Waals surface area contributed by atoms with Crippen molar-refractivity contribution >= 4 is 29.0 Å². The van der Waals surface area contributed by atoms with Crippen LogP contribution in [0.4, 0.5) is 10.5 Å². The molecule has 0 saturated carbocycles. The molecule has 28 heavy (non-hydrogen) atoms. The summed E-state index contributed by atoms with van der Waals surface area (Å²) in [7, 11) is 0. The van der Waals surface area contributed by atoms with Gasteiger partial charge in [-0.3, -0.25) is 4.90 Å². The Morgan fingerprint density at radius 1 is 1.21 bits per heavy atom. The normalized spacial score (nSPS) is 15.1. The fourth-order valence-corrected chi connectivity index (χ4v) is 3.99. The lowest BCUT2D eigenvalue weighted by molar-refractivity contribution is 0.0527. The minimum atomic E-state index is -0.431. The second kappa shape index (κ2) is 9.66. The van der Waals surface area contributed by atoms with Gasteiger partial charge >= 0.3 is 12.0 Å². The van der Waals surface area contributed by atoms with Crippen molar-refractivity contribution in [3.05, 3.63) is 45.9 Å². The van der Waals surface area contributed by atoms with E-state index >= 15 is 0 Å². The maximum atomic E-state index is 12.8. The quantitative estimate of drug-likeness (QED) is 0.776. The van der Waals surface area contributed by atoms with E-state index in [-0.39, 0.29) is 6.03 Å². The molecule has 1 aromatic heterocycles. The second-order valence-electron chi connectivity index (χ2n) is 6.70. The van der Waals surface area contributed by atoms with E-state index in [0.717, 1.165) is 36.8 Å². The predicted molar refractivity (Wildman–Crippen MR) is 110 cm³/mol. The van der Waals surface area contributed by atoms with Gasteiger partial charge in [0.25, 0.3) is 0 Å². The lowest BCUT2D eigenvalue weighted by Crippen LogP contribution is -2.38. The molecule has 1 fully saturated rings. The zero-order valence-corrected chi connectivity index (χ0v) is 17.1. The van der Waals surface area contributed by atoms with Crippen LogP contribution in [0, 0.1) is 6.92 Å². The number of benzene rings is 1. The van der Waals surface area contributed by atoms with Crippen LogP contribution in [0.5, 0.6) is 0 Å². The van der Waals surface area contributed by atoms with E-state index in [9.17, 15) is 9.59 Å². The van der Waals surface area contributed by atoms with Gasteiger partial charge in [0, 0.05) is 37.3 Å². The topological polar surface area (TPSA) is 74.8 Å². The maximum Gasteiger partial charge on any atom is 0.340 e. The molecule has 0 bridgehead atoms. The van der Waals surface area contributed by atoms with Gasteiger partial charge in [0.15, 0.2) is 0 Å². The number of urea groups is 1. The highest BCUT2D eigenvalue weighted by Crippen LogP contribution is 2.18. The third kappa shape index (κ3) is 5.30. The second-order valence-corrected chi connectivity index (χ2v) is 7.64. The molecule has 150 valence electrons. The number of rotatable bonds is 5. The summed E-state index contributed by atoms with van der Waals surface area (Å²) >= 11 is 1.68. The monoisotopic (exact) mass is 402 g/mol. The molecule has 3 rings (SSSR count). The van der Waals surface area contributed by atoms with Gasteiger partial charge in [-0.05, 0) is 32.4 Å². The Labute approximate surface area is 169 Å². The van der Waals surface area contributed by atoms with Crippen LogP contribution in [0.2, 0.25) is 0 Å². The number of amides is 2. The zero-order valence-electron chi connectivity index (χ0n) is 16.3. The number of carbonyl (C=O) groups excluding carboxylic acids is 2. The third-order valence-electron chi connectivity index (χ3n) is 4.57. The van der Waals surface area contributed by atoms with Crippen LogP contribution < -0.4 is 5.32 Å². The summed E-state index contributed by atoms with van der Waals surface area (Å²) < 4.78 is 5.07. The Kier molecular flexibility index (Phi) is 7.00. The van der Waals surface area contributed by atoms with Gasteiger partial charge < -0.3 is 15.0 Å². The van der Waals surface area contributed by atoms with Gasteiger partial charge in [-0.1, -0.05) is 12.1 Å². The number of esters is 1. The number of para-hydroxylation sites is 1. The van der Waals surface area contributed by atoms with Crippen LogP contribution in [-0.4, -0.2) is 59.6 Å². The zero-order chi connectivity index (χ0) is 19.9. The Morgan fingerprint density at radius 3 is 2.79 bits per heavy atom. The minimum Gasteiger partial charge on any atom is -0.462 e. The molecule has 2 aromatic rings. The number of thiazole rings is 1. The third-order valence-corrected chi connectivity index (χ3v) is 5.52. The van der Waals surface area contributed by atoms with E-state index in [2.05, 4.69) is 20.6 Å². The molecule has 1 aliphatic rings. The first-order valence-electron chi connectivity index (χ1n) is 9.52. The van der Waals surface area contributed by atoms with Gasteiger partial charge in [-0.25, -0.2) is 14.6 Å². The molecule has 7 nitrogen and oxygen atoms in total. The number of nitrogens with zero attached hydrogens (tertiary/aromatic N) is 3. The Morgan fingerprint density at radius 2 is 2.04 bits per heavy atom. The van der Waals surface area contributed by atoms with Gasteiger partial charge in [0.2, 0.25) is 0 Å². The van der Waals surface area contributed by atoms with E-state index in [4.69, 9.17) is 4.74 Å². The molecule has 0 atom stereocenters. The Bertz CT molecular complexity index is 823. The highest BCUT2D eigenvalue weighted by Gasteiger charge is 2.21. The van der Waals surface area contributed by atoms with E-state index < -0.39 is 5.97 Å². The van der Waals surface area contributed by atoms with Gasteiger partial charge in [-0.2, -0.15) is 0 Å². The van der Waals surface area contributed by atoms with Crippen molar-refractivity contribution in [2.75, 3.05) is 38.1 Å². The first kappa shape index (κ1) is 20.3. The van der Waals surface area contributed by atoms with Crippen LogP contribution in [0.3, 0.4) is 0 Å². The molecule has 1 saturated heterocycles. The maximum absolute atomic E-state index is 12.8. The summed E-state index contributed by atoms with van der Waals surface area (Å²) in [5, 5.41) is 6.05. The number of hydrogen-bond donors (Lipinski definition) is 1. The SMILES string of the molecule is CCOC(=O)c1ccccc1NC(=O)N1CCCN(Cc2nc(C)cs2)CC1. The van der Waals surface area contributed by atoms with Crippen LogP contribution in [0.25, 0.3) is 0 Å². The van der Waals surface area contributed by atoms with Crippen LogP contribution in [-0.2, 0) is 11.3 Å². The van der Waals surface area contributed by atoms with Crippen molar-refractivity contribution in [2.45, 2.75) is 26.8 Å². The van der Waals surface area contributed by atoms with Gasteiger partial charge in [-0.15, -0.1) is 11.3 Å². The van der Waals surface area contributed by atoms with E-state index in [1.165, 1.54) is 0 Å². The molecule has 0 spiro atoms. The number of anilines is 1. The lowest BCUT2D eigenvalue weighted by atomic mass is 10.2. The fourth-order valence-electron chi connectivity index (χ4n) is 3.17. The Balaban J connectivity index is 1.59. The molecular formula is C20H26N4O3S. The summed E-state index contributed by atoms with van der Waals surface area (Å²) in [6.07, 6.45) is 0.900. The predicted octanol–water partition coefficient (Wildman–Crippen LogP) is 3.37. The fraction of sp³-hybridized carbons (Fsp3) is 0.450. The number of nitrogens with one attached hydrogen (secondary N) is 1. The number of ether oxygens (including phenoxy) is 1. The van der Waals surface area contributed by atoms with Crippen molar-refractivity contribution < 1.29 is 14.3 Å². The standard InChI is InChI=1S/C20H26N4O3S/c1-3-27-19(25)16-7-4-5-8-17(16)22-20(26)24-10-6-9-23(11-12-24)13-18-21-15(2)14-28-18/h4-5,7-8,14H,3,6,9-13H2,1-2H3,(H,22,26). The summed E-state index contributed by atoms with van der Waals surface area (Å²) in [5.74, 6) is -0.431. The van der Waals surface area contributed by atoms with Crippen molar-refractivity contribution in [1.29, 1.82) is 0 Å². The number of aromatic nitrogens is 1. The van der Waals surface area contributed by atoms with Crippen LogP contribution >= 0.6 is 11.3 Å². The van der Waals surface area contributed by atoms with E-state index in [0.29, 0.717) is 30.9 Å². The first-order valence-corrected chi connectivity index (χ1v) is 10.4. The molecule has 8 heteroatoms. The number of carbonyl (C=O) groups is 2. The summed E-state index contributed by atoms with van der Waals surface area (Å²) in [5.41, 5.74) is 1.90. The summed E-state index contributed by atoms with van der Waals surface area (Å²) in [4.78, 5) is 33.5.